The van der Waals surface area contributed by atoms with Gasteiger partial charge in [-0.2, -0.15) is 0 Å². The van der Waals surface area contributed by atoms with Crippen LogP contribution in [0.4, 0.5) is 0 Å². The van der Waals surface area contributed by atoms with Crippen LogP contribution in [0.2, 0.25) is 0 Å². The van der Waals surface area contributed by atoms with Gasteiger partial charge in [-0.25, -0.2) is 9.59 Å². The number of nitrogens with one attached hydrogen (secondary N) is 1. The zero-order valence-corrected chi connectivity index (χ0v) is 17.3. The maximum absolute atomic E-state index is 12.2. The number of carboxylic acids is 2. The molecule has 4 N–H and O–H groups in total. The molecule has 0 heterocycles. The van der Waals surface area contributed by atoms with Gasteiger partial charge in [0.1, 0.15) is 18.5 Å². The number of carbonyl (C=O) groups is 2. The van der Waals surface area contributed by atoms with Crippen molar-refractivity contribution >= 4 is 22.7 Å². The SMILES string of the molecule is O=C(O)C(=O)O.O=S(CCCNCC(O)COc1ccccc1)C1CCCCC1. The quantitative estimate of drug-likeness (QED) is 0.326. The fourth-order valence-corrected chi connectivity index (χ4v) is 4.49. The summed E-state index contributed by atoms with van der Waals surface area (Å²) in [5, 5.41) is 28.3. The summed E-state index contributed by atoms with van der Waals surface area (Å²) in [4.78, 5) is 18.2. The molecule has 29 heavy (non-hydrogen) atoms. The van der Waals surface area contributed by atoms with E-state index < -0.39 is 28.8 Å². The second-order valence-electron chi connectivity index (χ2n) is 6.79. The number of hydrogen-bond donors (Lipinski definition) is 4. The minimum absolute atomic E-state index is 0.283. The molecule has 2 rings (SSSR count). The third-order valence-electron chi connectivity index (χ3n) is 4.37. The van der Waals surface area contributed by atoms with Gasteiger partial charge in [0, 0.05) is 28.3 Å². The fraction of sp³-hybridized carbons (Fsp3) is 0.600. The van der Waals surface area contributed by atoms with Crippen LogP contribution in [0.3, 0.4) is 0 Å². The molecule has 9 heteroatoms. The molecule has 0 aromatic heterocycles. The van der Waals surface area contributed by atoms with Crippen molar-refractivity contribution in [2.45, 2.75) is 49.9 Å². The molecule has 0 bridgehead atoms. The smallest absolute Gasteiger partial charge is 0.414 e. The van der Waals surface area contributed by atoms with Crippen LogP contribution in [-0.2, 0) is 20.4 Å². The van der Waals surface area contributed by atoms with E-state index in [0.717, 1.165) is 37.3 Å². The van der Waals surface area contributed by atoms with Crippen LogP contribution < -0.4 is 10.1 Å². The maximum atomic E-state index is 12.2. The van der Waals surface area contributed by atoms with E-state index in [2.05, 4.69) is 5.32 Å². The van der Waals surface area contributed by atoms with Crippen LogP contribution in [0.5, 0.6) is 5.75 Å². The van der Waals surface area contributed by atoms with Crippen molar-refractivity contribution in [3.8, 4) is 5.75 Å². The molecule has 2 unspecified atom stereocenters. The number of aliphatic carboxylic acids is 2. The fourth-order valence-electron chi connectivity index (χ4n) is 2.87. The van der Waals surface area contributed by atoms with Crippen molar-refractivity contribution in [2.24, 2.45) is 0 Å². The van der Waals surface area contributed by atoms with Crippen molar-refractivity contribution in [1.29, 1.82) is 0 Å². The lowest BCUT2D eigenvalue weighted by Gasteiger charge is -2.20. The van der Waals surface area contributed by atoms with Gasteiger partial charge >= 0.3 is 11.9 Å². The van der Waals surface area contributed by atoms with Crippen molar-refractivity contribution < 1.29 is 33.9 Å². The first-order valence-corrected chi connectivity index (χ1v) is 11.2. The Hall–Kier alpha value is -1.97. The minimum atomic E-state index is -1.82. The van der Waals surface area contributed by atoms with Crippen molar-refractivity contribution in [2.75, 3.05) is 25.4 Å². The highest BCUT2D eigenvalue weighted by Crippen LogP contribution is 2.22. The van der Waals surface area contributed by atoms with Gasteiger partial charge < -0.3 is 25.4 Å². The lowest BCUT2D eigenvalue weighted by Crippen LogP contribution is -2.32. The Morgan fingerprint density at radius 2 is 1.72 bits per heavy atom. The summed E-state index contributed by atoms with van der Waals surface area (Å²) < 4.78 is 17.7. The first-order chi connectivity index (χ1) is 13.9. The lowest BCUT2D eigenvalue weighted by molar-refractivity contribution is -0.159. The Morgan fingerprint density at radius 3 is 2.31 bits per heavy atom. The highest BCUT2D eigenvalue weighted by molar-refractivity contribution is 7.85. The van der Waals surface area contributed by atoms with Gasteiger partial charge in [0.2, 0.25) is 0 Å². The van der Waals surface area contributed by atoms with Gasteiger partial charge in [-0.05, 0) is 37.9 Å². The minimum Gasteiger partial charge on any atom is -0.491 e. The van der Waals surface area contributed by atoms with Crippen LogP contribution in [0.25, 0.3) is 0 Å². The number of carboxylic acid groups (broad SMARTS) is 2. The number of para-hydroxylation sites is 1. The maximum Gasteiger partial charge on any atom is 0.414 e. The van der Waals surface area contributed by atoms with E-state index in [0.29, 0.717) is 11.8 Å². The topological polar surface area (TPSA) is 133 Å². The molecule has 1 aliphatic rings. The molecule has 0 amide bonds. The monoisotopic (exact) mass is 429 g/mol. The van der Waals surface area contributed by atoms with Crippen LogP contribution in [-0.4, -0.2) is 68.3 Å². The summed E-state index contributed by atoms with van der Waals surface area (Å²) in [7, 11) is -0.676. The van der Waals surface area contributed by atoms with Crippen LogP contribution in [0.15, 0.2) is 30.3 Å². The molecule has 2 atom stereocenters. The van der Waals surface area contributed by atoms with Crippen LogP contribution in [0.1, 0.15) is 38.5 Å². The van der Waals surface area contributed by atoms with Crippen LogP contribution in [0, 0.1) is 0 Å². The largest absolute Gasteiger partial charge is 0.491 e. The Bertz CT molecular complexity index is 609. The van der Waals surface area contributed by atoms with E-state index in [1.165, 1.54) is 19.3 Å². The molecule has 1 aromatic rings. The van der Waals surface area contributed by atoms with Gasteiger partial charge in [0.05, 0.1) is 0 Å². The molecular weight excluding hydrogens is 398 g/mol. The molecule has 164 valence electrons. The van der Waals surface area contributed by atoms with Gasteiger partial charge in [0.25, 0.3) is 0 Å². The van der Waals surface area contributed by atoms with Crippen molar-refractivity contribution in [1.82, 2.24) is 5.32 Å². The third-order valence-corrected chi connectivity index (χ3v) is 6.28. The molecule has 1 saturated carbocycles. The number of aliphatic hydroxyl groups excluding tert-OH is 1. The van der Waals surface area contributed by atoms with Gasteiger partial charge in [-0.3, -0.25) is 4.21 Å². The Kier molecular flexibility index (Phi) is 12.9. The summed E-state index contributed by atoms with van der Waals surface area (Å²) >= 11 is 0. The standard InChI is InChI=1S/C18H29NO3S.C2H2O4/c20-16(15-22-17-8-3-1-4-9-17)14-19-12-7-13-23(21)18-10-5-2-6-11-18;3-1(4)2(5)6/h1,3-4,8-9,16,18-20H,2,5-7,10-15H2;(H,3,4)(H,5,6). The second-order valence-corrected chi connectivity index (χ2v) is 8.63. The molecule has 1 aliphatic carbocycles. The summed E-state index contributed by atoms with van der Waals surface area (Å²) in [5.41, 5.74) is 0. The predicted molar refractivity (Wildman–Crippen MR) is 111 cm³/mol. The molecule has 0 saturated heterocycles. The van der Waals surface area contributed by atoms with E-state index >= 15 is 0 Å². The number of benzene rings is 1. The van der Waals surface area contributed by atoms with E-state index in [1.807, 2.05) is 30.3 Å². The Balaban J connectivity index is 0.000000612. The lowest BCUT2D eigenvalue weighted by atomic mass is 10.0. The molecule has 8 nitrogen and oxygen atoms in total. The predicted octanol–water partition coefficient (Wildman–Crippen LogP) is 1.64. The first-order valence-electron chi connectivity index (χ1n) is 9.80. The first kappa shape index (κ1) is 25.1. The highest BCUT2D eigenvalue weighted by Gasteiger charge is 2.19. The average Bonchev–Trinajstić information content (AvgIpc) is 2.73. The summed E-state index contributed by atoms with van der Waals surface area (Å²) in [6.07, 6.45) is 6.42. The molecule has 0 aliphatic heterocycles. The Morgan fingerprint density at radius 1 is 1.10 bits per heavy atom. The second kappa shape index (κ2) is 14.9. The summed E-state index contributed by atoms with van der Waals surface area (Å²) in [6.45, 7) is 1.58. The van der Waals surface area contributed by atoms with Crippen molar-refractivity contribution in [3.05, 3.63) is 30.3 Å². The summed E-state index contributed by atoms with van der Waals surface area (Å²) in [5.74, 6) is -2.10. The molecule has 1 aromatic carbocycles. The third kappa shape index (κ3) is 12.2. The van der Waals surface area contributed by atoms with E-state index in [4.69, 9.17) is 24.5 Å². The molecule has 1 fully saturated rings. The normalized spacial score (nSPS) is 16.2. The van der Waals surface area contributed by atoms with E-state index in [9.17, 15) is 9.32 Å². The Labute approximate surface area is 173 Å². The number of aliphatic hydroxyl groups is 1. The molecule has 0 spiro atoms. The zero-order chi connectivity index (χ0) is 21.5. The summed E-state index contributed by atoms with van der Waals surface area (Å²) in [6, 6.07) is 9.50. The van der Waals surface area contributed by atoms with E-state index in [1.54, 1.807) is 0 Å². The molecular formula is C20H31NO7S. The zero-order valence-electron chi connectivity index (χ0n) is 16.5. The number of rotatable bonds is 10. The molecule has 0 radical (unpaired) electrons. The highest BCUT2D eigenvalue weighted by atomic mass is 32.2. The van der Waals surface area contributed by atoms with Gasteiger partial charge in [0.15, 0.2) is 0 Å². The van der Waals surface area contributed by atoms with Gasteiger partial charge in [-0.1, -0.05) is 37.5 Å². The number of hydrogen-bond acceptors (Lipinski definition) is 6. The average molecular weight is 430 g/mol. The van der Waals surface area contributed by atoms with Gasteiger partial charge in [-0.15, -0.1) is 0 Å². The number of ether oxygens (including phenoxy) is 1. The van der Waals surface area contributed by atoms with Crippen molar-refractivity contribution in [3.63, 3.8) is 0 Å². The van der Waals surface area contributed by atoms with E-state index in [-0.39, 0.29) is 6.61 Å². The van der Waals surface area contributed by atoms with Crippen LogP contribution >= 0.6 is 0 Å².